The molecule has 2 atom stereocenters. The molecule has 0 fully saturated rings. The monoisotopic (exact) mass is 306 g/mol. The molecule has 0 saturated carbocycles. The molecule has 108 valence electrons. The Morgan fingerprint density at radius 2 is 2.11 bits per heavy atom. The number of halogens is 1. The van der Waals surface area contributed by atoms with Crippen molar-refractivity contribution >= 4 is 21.6 Å². The normalized spacial score (nSPS) is 15.2. The van der Waals surface area contributed by atoms with E-state index in [-0.39, 0.29) is 11.7 Å². The lowest BCUT2D eigenvalue weighted by Crippen LogP contribution is -2.30. The van der Waals surface area contributed by atoms with Crippen molar-refractivity contribution in [1.29, 1.82) is 0 Å². The maximum absolute atomic E-state index is 11.8. The molecule has 0 aromatic carbocycles. The van der Waals surface area contributed by atoms with Gasteiger partial charge in [-0.15, -0.1) is 0 Å². The molecule has 0 aliphatic carbocycles. The molecular formula is C12H19ClN2O3S. The van der Waals surface area contributed by atoms with Gasteiger partial charge in [0.25, 0.3) is 0 Å². The average Bonchev–Trinajstić information content (AvgIpc) is 2.29. The average molecular weight is 307 g/mol. The van der Waals surface area contributed by atoms with Crippen molar-refractivity contribution in [3.05, 3.63) is 29.0 Å². The molecule has 0 aliphatic rings. The number of hydrogen-bond acceptors (Lipinski definition) is 4. The lowest BCUT2D eigenvalue weighted by atomic mass is 10.1. The molecule has 2 N–H and O–H groups in total. The summed E-state index contributed by atoms with van der Waals surface area (Å²) in [7, 11) is -3.39. The van der Waals surface area contributed by atoms with Crippen LogP contribution in [0, 0.1) is 5.92 Å². The van der Waals surface area contributed by atoms with Crippen LogP contribution in [0.3, 0.4) is 0 Å². The second-order valence-electron chi connectivity index (χ2n) is 4.79. The Morgan fingerprint density at radius 1 is 1.42 bits per heavy atom. The topological polar surface area (TPSA) is 79.3 Å². The molecule has 0 radical (unpaired) electrons. The summed E-state index contributed by atoms with van der Waals surface area (Å²) in [6.45, 7) is 3.89. The summed E-state index contributed by atoms with van der Waals surface area (Å²) in [6.07, 6.45) is 1.58. The molecule has 2 unspecified atom stereocenters. The number of aromatic nitrogens is 1. The molecule has 1 heterocycles. The first-order valence-electron chi connectivity index (χ1n) is 6.04. The molecule has 0 aliphatic heterocycles. The van der Waals surface area contributed by atoms with E-state index in [9.17, 15) is 13.5 Å². The van der Waals surface area contributed by atoms with Gasteiger partial charge in [0.2, 0.25) is 10.0 Å². The largest absolute Gasteiger partial charge is 0.393 e. The highest BCUT2D eigenvalue weighted by Crippen LogP contribution is 2.09. The van der Waals surface area contributed by atoms with Crippen molar-refractivity contribution in [1.82, 2.24) is 9.71 Å². The molecule has 1 rings (SSSR count). The SMILES string of the molecule is CC(O)CC(C)CNS(=O)(=O)Cc1ccc(Cl)nc1. The van der Waals surface area contributed by atoms with Crippen LogP contribution < -0.4 is 4.72 Å². The Labute approximate surface area is 119 Å². The number of aliphatic hydroxyl groups excluding tert-OH is 1. The van der Waals surface area contributed by atoms with Crippen molar-refractivity contribution in [2.45, 2.75) is 32.1 Å². The number of nitrogens with zero attached hydrogens (tertiary/aromatic N) is 1. The van der Waals surface area contributed by atoms with Crippen LogP contribution in [-0.4, -0.2) is 31.2 Å². The summed E-state index contributed by atoms with van der Waals surface area (Å²) in [4.78, 5) is 3.84. The first-order valence-corrected chi connectivity index (χ1v) is 8.07. The van der Waals surface area contributed by atoms with Gasteiger partial charge in [0, 0.05) is 12.7 Å². The lowest BCUT2D eigenvalue weighted by Gasteiger charge is -2.14. The quantitative estimate of drug-likeness (QED) is 0.749. The maximum atomic E-state index is 11.8. The van der Waals surface area contributed by atoms with Gasteiger partial charge in [-0.3, -0.25) is 0 Å². The second-order valence-corrected chi connectivity index (χ2v) is 6.98. The van der Waals surface area contributed by atoms with Gasteiger partial charge in [0.05, 0.1) is 11.9 Å². The smallest absolute Gasteiger partial charge is 0.215 e. The number of sulfonamides is 1. The Bertz CT molecular complexity index is 488. The van der Waals surface area contributed by atoms with E-state index in [1.807, 2.05) is 6.92 Å². The first kappa shape index (κ1) is 16.4. The van der Waals surface area contributed by atoms with E-state index in [0.717, 1.165) is 0 Å². The summed E-state index contributed by atoms with van der Waals surface area (Å²) in [6, 6.07) is 3.19. The zero-order chi connectivity index (χ0) is 14.5. The fourth-order valence-electron chi connectivity index (χ4n) is 1.70. The highest BCUT2D eigenvalue weighted by atomic mass is 35.5. The fourth-order valence-corrected chi connectivity index (χ4v) is 3.06. The van der Waals surface area contributed by atoms with E-state index in [4.69, 9.17) is 11.6 Å². The van der Waals surface area contributed by atoms with Crippen molar-refractivity contribution in [3.8, 4) is 0 Å². The fraction of sp³-hybridized carbons (Fsp3) is 0.583. The number of hydrogen-bond donors (Lipinski definition) is 2. The molecular weight excluding hydrogens is 288 g/mol. The van der Waals surface area contributed by atoms with Crippen LogP contribution in [0.4, 0.5) is 0 Å². The van der Waals surface area contributed by atoms with Crippen molar-refractivity contribution in [2.24, 2.45) is 5.92 Å². The van der Waals surface area contributed by atoms with Crippen LogP contribution in [0.25, 0.3) is 0 Å². The van der Waals surface area contributed by atoms with Crippen LogP contribution >= 0.6 is 11.6 Å². The van der Waals surface area contributed by atoms with E-state index < -0.39 is 16.1 Å². The van der Waals surface area contributed by atoms with Gasteiger partial charge >= 0.3 is 0 Å². The third kappa shape index (κ3) is 6.87. The Morgan fingerprint density at radius 3 is 2.63 bits per heavy atom. The van der Waals surface area contributed by atoms with Gasteiger partial charge in [-0.1, -0.05) is 24.6 Å². The zero-order valence-electron chi connectivity index (χ0n) is 11.0. The van der Waals surface area contributed by atoms with Gasteiger partial charge < -0.3 is 5.11 Å². The van der Waals surface area contributed by atoms with Crippen LogP contribution in [0.1, 0.15) is 25.8 Å². The zero-order valence-corrected chi connectivity index (χ0v) is 12.6. The standard InChI is InChI=1S/C12H19ClN2O3S/c1-9(5-10(2)16)6-15-19(17,18)8-11-3-4-12(13)14-7-11/h3-4,7,9-10,15-16H,5-6,8H2,1-2H3. The summed E-state index contributed by atoms with van der Waals surface area (Å²) < 4.78 is 26.2. The van der Waals surface area contributed by atoms with Crippen molar-refractivity contribution in [2.75, 3.05) is 6.54 Å². The lowest BCUT2D eigenvalue weighted by molar-refractivity contribution is 0.165. The molecule has 7 heteroatoms. The van der Waals surface area contributed by atoms with Crippen LogP contribution in [0.2, 0.25) is 5.15 Å². The molecule has 0 spiro atoms. The highest BCUT2D eigenvalue weighted by Gasteiger charge is 2.14. The van der Waals surface area contributed by atoms with Crippen molar-refractivity contribution in [3.63, 3.8) is 0 Å². The van der Waals surface area contributed by atoms with Crippen LogP contribution in [0.15, 0.2) is 18.3 Å². The molecule has 0 amide bonds. The number of aliphatic hydroxyl groups is 1. The number of rotatable bonds is 7. The Hall–Kier alpha value is -0.690. The van der Waals surface area contributed by atoms with Crippen molar-refractivity contribution < 1.29 is 13.5 Å². The molecule has 0 saturated heterocycles. The van der Waals surface area contributed by atoms with E-state index in [2.05, 4.69) is 9.71 Å². The first-order chi connectivity index (χ1) is 8.78. The van der Waals surface area contributed by atoms with Gasteiger partial charge in [0.1, 0.15) is 5.15 Å². The second kappa shape index (κ2) is 7.19. The molecule has 1 aromatic heterocycles. The predicted molar refractivity (Wildman–Crippen MR) is 75.3 cm³/mol. The van der Waals surface area contributed by atoms with Gasteiger partial charge in [-0.05, 0) is 30.9 Å². The van der Waals surface area contributed by atoms with Crippen LogP contribution in [0.5, 0.6) is 0 Å². The van der Waals surface area contributed by atoms with Gasteiger partial charge in [-0.2, -0.15) is 0 Å². The number of pyridine rings is 1. The molecule has 1 aromatic rings. The van der Waals surface area contributed by atoms with E-state index in [0.29, 0.717) is 23.7 Å². The Kier molecular flexibility index (Phi) is 6.19. The minimum Gasteiger partial charge on any atom is -0.393 e. The predicted octanol–water partition coefficient (Wildman–Crippen LogP) is 1.56. The third-order valence-electron chi connectivity index (χ3n) is 2.54. The molecule has 19 heavy (non-hydrogen) atoms. The molecule has 5 nitrogen and oxygen atoms in total. The summed E-state index contributed by atoms with van der Waals surface area (Å²) >= 11 is 5.63. The summed E-state index contributed by atoms with van der Waals surface area (Å²) in [5.74, 6) is -0.0448. The van der Waals surface area contributed by atoms with Gasteiger partial charge in [-0.25, -0.2) is 18.1 Å². The Balaban J connectivity index is 2.50. The summed E-state index contributed by atoms with van der Waals surface area (Å²) in [5, 5.41) is 9.55. The number of nitrogens with one attached hydrogen (secondary N) is 1. The van der Waals surface area contributed by atoms with E-state index >= 15 is 0 Å². The van der Waals surface area contributed by atoms with E-state index in [1.165, 1.54) is 6.20 Å². The molecule has 0 bridgehead atoms. The highest BCUT2D eigenvalue weighted by molar-refractivity contribution is 7.88. The minimum absolute atomic E-state index is 0.0816. The minimum atomic E-state index is -3.39. The maximum Gasteiger partial charge on any atom is 0.215 e. The summed E-state index contributed by atoms with van der Waals surface area (Å²) in [5.41, 5.74) is 0.583. The van der Waals surface area contributed by atoms with Crippen LogP contribution in [-0.2, 0) is 15.8 Å². The van der Waals surface area contributed by atoms with Gasteiger partial charge in [0.15, 0.2) is 0 Å². The van der Waals surface area contributed by atoms with E-state index in [1.54, 1.807) is 19.1 Å². The third-order valence-corrected chi connectivity index (χ3v) is 4.08.